The topological polar surface area (TPSA) is 106 Å². The van der Waals surface area contributed by atoms with Crippen LogP contribution in [0.5, 0.6) is 0 Å². The van der Waals surface area contributed by atoms with E-state index in [1.54, 1.807) is 12.1 Å². The molecule has 1 aromatic carbocycles. The maximum atomic E-state index is 11.7. The van der Waals surface area contributed by atoms with Gasteiger partial charge >= 0.3 is 6.03 Å². The number of urea groups is 1. The standard InChI is InChI=1S/C16H21N5O2.ClH/c1-10(2)18-15(22)19-12-6-4-11(5-7-12)13-20-14(21-23-13)16(17)8-3-9-16;/h4-7,10H,3,8-9,17H2,1-2H3,(H2,18,19,22);1H. The van der Waals surface area contributed by atoms with Crippen molar-refractivity contribution in [3.63, 3.8) is 0 Å². The predicted octanol–water partition coefficient (Wildman–Crippen LogP) is 3.03. The number of nitrogens with two attached hydrogens (primary N) is 1. The van der Waals surface area contributed by atoms with Crippen LogP contribution in [0.15, 0.2) is 28.8 Å². The van der Waals surface area contributed by atoms with E-state index in [9.17, 15) is 4.79 Å². The number of carbonyl (C=O) groups is 1. The SMILES string of the molecule is CC(C)NC(=O)Nc1ccc(-c2nc(C3(N)CCC3)no2)cc1.Cl. The summed E-state index contributed by atoms with van der Waals surface area (Å²) in [5.41, 5.74) is 7.25. The lowest BCUT2D eigenvalue weighted by molar-refractivity contribution is 0.229. The molecule has 0 saturated heterocycles. The molecule has 130 valence electrons. The molecule has 1 saturated carbocycles. The van der Waals surface area contributed by atoms with Crippen LogP contribution in [-0.2, 0) is 5.54 Å². The zero-order valence-corrected chi connectivity index (χ0v) is 14.5. The second-order valence-electron chi connectivity index (χ2n) is 6.26. The van der Waals surface area contributed by atoms with Gasteiger partial charge in [-0.25, -0.2) is 4.79 Å². The van der Waals surface area contributed by atoms with E-state index < -0.39 is 5.54 Å². The van der Waals surface area contributed by atoms with Gasteiger partial charge in [-0.1, -0.05) is 5.16 Å². The fourth-order valence-corrected chi connectivity index (χ4v) is 2.45. The number of rotatable bonds is 4. The number of nitrogens with one attached hydrogen (secondary N) is 2. The average molecular weight is 352 g/mol. The van der Waals surface area contributed by atoms with E-state index in [1.165, 1.54) is 0 Å². The Morgan fingerprint density at radius 2 is 1.96 bits per heavy atom. The van der Waals surface area contributed by atoms with Gasteiger partial charge in [0.15, 0.2) is 5.82 Å². The minimum absolute atomic E-state index is 0. The van der Waals surface area contributed by atoms with Crippen molar-refractivity contribution >= 4 is 24.1 Å². The summed E-state index contributed by atoms with van der Waals surface area (Å²) in [6.45, 7) is 3.81. The molecular formula is C16H22ClN5O2. The fourth-order valence-electron chi connectivity index (χ4n) is 2.45. The largest absolute Gasteiger partial charge is 0.336 e. The lowest BCUT2D eigenvalue weighted by atomic mass is 9.77. The summed E-state index contributed by atoms with van der Waals surface area (Å²) >= 11 is 0. The van der Waals surface area contributed by atoms with Gasteiger partial charge in [-0.2, -0.15) is 4.98 Å². The van der Waals surface area contributed by atoms with E-state index in [2.05, 4.69) is 20.8 Å². The van der Waals surface area contributed by atoms with Crippen molar-refractivity contribution in [2.24, 2.45) is 5.73 Å². The number of amides is 2. The molecule has 7 nitrogen and oxygen atoms in total. The molecule has 2 aromatic rings. The lowest BCUT2D eigenvalue weighted by Crippen LogP contribution is -2.44. The molecule has 4 N–H and O–H groups in total. The number of aromatic nitrogens is 2. The van der Waals surface area contributed by atoms with Gasteiger partial charge in [0.25, 0.3) is 5.89 Å². The van der Waals surface area contributed by atoms with Crippen LogP contribution < -0.4 is 16.4 Å². The molecule has 1 heterocycles. The molecule has 0 unspecified atom stereocenters. The summed E-state index contributed by atoms with van der Waals surface area (Å²) < 4.78 is 5.31. The first-order valence-electron chi connectivity index (χ1n) is 7.77. The molecule has 1 aromatic heterocycles. The van der Waals surface area contributed by atoms with E-state index in [0.29, 0.717) is 17.4 Å². The minimum atomic E-state index is -0.432. The Labute approximate surface area is 146 Å². The number of hydrogen-bond donors (Lipinski definition) is 3. The Hall–Kier alpha value is -2.12. The molecule has 1 aliphatic rings. The smallest absolute Gasteiger partial charge is 0.319 e. The van der Waals surface area contributed by atoms with E-state index >= 15 is 0 Å². The zero-order chi connectivity index (χ0) is 16.4. The molecule has 0 spiro atoms. The van der Waals surface area contributed by atoms with Crippen LogP contribution in [-0.4, -0.2) is 22.2 Å². The van der Waals surface area contributed by atoms with Gasteiger partial charge in [0.1, 0.15) is 0 Å². The van der Waals surface area contributed by atoms with Crippen molar-refractivity contribution in [2.75, 3.05) is 5.32 Å². The van der Waals surface area contributed by atoms with Gasteiger partial charge in [0, 0.05) is 17.3 Å². The van der Waals surface area contributed by atoms with E-state index in [1.807, 2.05) is 26.0 Å². The van der Waals surface area contributed by atoms with Gasteiger partial charge in [-0.05, 0) is 57.4 Å². The van der Waals surface area contributed by atoms with E-state index in [0.717, 1.165) is 24.8 Å². The molecule has 2 amide bonds. The monoisotopic (exact) mass is 351 g/mol. The first-order valence-corrected chi connectivity index (χ1v) is 7.77. The van der Waals surface area contributed by atoms with Crippen molar-refractivity contribution in [1.82, 2.24) is 15.5 Å². The van der Waals surface area contributed by atoms with Crippen LogP contribution in [0.1, 0.15) is 38.9 Å². The highest BCUT2D eigenvalue weighted by atomic mass is 35.5. The quantitative estimate of drug-likeness (QED) is 0.785. The van der Waals surface area contributed by atoms with Crippen molar-refractivity contribution in [2.45, 2.75) is 44.7 Å². The number of halogens is 1. The number of anilines is 1. The van der Waals surface area contributed by atoms with Gasteiger partial charge in [-0.15, -0.1) is 12.4 Å². The van der Waals surface area contributed by atoms with Crippen molar-refractivity contribution < 1.29 is 9.32 Å². The summed E-state index contributed by atoms with van der Waals surface area (Å²) in [5, 5.41) is 9.53. The summed E-state index contributed by atoms with van der Waals surface area (Å²) in [4.78, 5) is 16.1. The highest BCUT2D eigenvalue weighted by Crippen LogP contribution is 2.37. The van der Waals surface area contributed by atoms with Gasteiger partial charge < -0.3 is 20.9 Å². The van der Waals surface area contributed by atoms with Crippen molar-refractivity contribution in [3.05, 3.63) is 30.1 Å². The number of hydrogen-bond acceptors (Lipinski definition) is 5. The van der Waals surface area contributed by atoms with Gasteiger partial charge in [0.2, 0.25) is 0 Å². The average Bonchev–Trinajstić information content (AvgIpc) is 2.94. The summed E-state index contributed by atoms with van der Waals surface area (Å²) in [6, 6.07) is 7.09. The molecule has 24 heavy (non-hydrogen) atoms. The van der Waals surface area contributed by atoms with Crippen LogP contribution in [0.3, 0.4) is 0 Å². The third-order valence-corrected chi connectivity index (χ3v) is 3.93. The molecule has 3 rings (SSSR count). The van der Waals surface area contributed by atoms with Crippen LogP contribution >= 0.6 is 12.4 Å². The maximum Gasteiger partial charge on any atom is 0.319 e. The van der Waals surface area contributed by atoms with Crippen LogP contribution in [0.4, 0.5) is 10.5 Å². The molecule has 8 heteroatoms. The molecule has 1 aliphatic carbocycles. The second kappa shape index (κ2) is 7.19. The Morgan fingerprint density at radius 1 is 1.29 bits per heavy atom. The van der Waals surface area contributed by atoms with Crippen LogP contribution in [0.2, 0.25) is 0 Å². The van der Waals surface area contributed by atoms with Crippen molar-refractivity contribution in [3.8, 4) is 11.5 Å². The third-order valence-electron chi connectivity index (χ3n) is 3.93. The molecular weight excluding hydrogens is 330 g/mol. The highest BCUT2D eigenvalue weighted by molar-refractivity contribution is 5.89. The predicted molar refractivity (Wildman–Crippen MR) is 94.0 cm³/mol. The van der Waals surface area contributed by atoms with Gasteiger partial charge in [0.05, 0.1) is 5.54 Å². The molecule has 0 bridgehead atoms. The zero-order valence-electron chi connectivity index (χ0n) is 13.7. The first kappa shape index (κ1) is 18.2. The van der Waals surface area contributed by atoms with Crippen molar-refractivity contribution in [1.29, 1.82) is 0 Å². The Bertz CT molecular complexity index is 695. The molecule has 0 aliphatic heterocycles. The Kier molecular flexibility index (Phi) is 5.46. The fraction of sp³-hybridized carbons (Fsp3) is 0.438. The lowest BCUT2D eigenvalue weighted by Gasteiger charge is -2.34. The normalized spacial score (nSPS) is 15.3. The van der Waals surface area contributed by atoms with Gasteiger partial charge in [-0.3, -0.25) is 0 Å². The second-order valence-corrected chi connectivity index (χ2v) is 6.26. The minimum Gasteiger partial charge on any atom is -0.336 e. The molecule has 0 atom stereocenters. The number of carbonyl (C=O) groups excluding carboxylic acids is 1. The Morgan fingerprint density at radius 3 is 2.50 bits per heavy atom. The summed E-state index contributed by atoms with van der Waals surface area (Å²) in [5.74, 6) is 1.01. The molecule has 1 fully saturated rings. The third kappa shape index (κ3) is 3.85. The van der Waals surface area contributed by atoms with E-state index in [4.69, 9.17) is 10.3 Å². The summed E-state index contributed by atoms with van der Waals surface area (Å²) in [6.07, 6.45) is 2.87. The highest BCUT2D eigenvalue weighted by Gasteiger charge is 2.39. The van der Waals surface area contributed by atoms with E-state index in [-0.39, 0.29) is 24.5 Å². The summed E-state index contributed by atoms with van der Waals surface area (Å²) in [7, 11) is 0. The van der Waals surface area contributed by atoms with Crippen LogP contribution in [0, 0.1) is 0 Å². The van der Waals surface area contributed by atoms with Crippen LogP contribution in [0.25, 0.3) is 11.5 Å². The molecule has 0 radical (unpaired) electrons. The first-order chi connectivity index (χ1) is 11.0. The number of nitrogens with zero attached hydrogens (tertiary/aromatic N) is 2. The Balaban J connectivity index is 0.00000208. The number of benzene rings is 1. The maximum absolute atomic E-state index is 11.7.